The maximum Gasteiger partial charge on any atom is 0.117 e. The summed E-state index contributed by atoms with van der Waals surface area (Å²) in [7, 11) is 1.89. The molecule has 1 unspecified atom stereocenters. The molecule has 1 atom stereocenters. The maximum atomic E-state index is 5.18. The smallest absolute Gasteiger partial charge is 0.117 e. The Hall–Kier alpha value is -1.65. The van der Waals surface area contributed by atoms with Crippen molar-refractivity contribution in [2.45, 2.75) is 13.0 Å². The molecule has 1 aromatic carbocycles. The fraction of sp³-hybridized carbons (Fsp3) is 0.250. The number of hydrogen-bond donors (Lipinski definition) is 1. The highest BCUT2D eigenvalue weighted by Crippen LogP contribution is 2.22. The van der Waals surface area contributed by atoms with Gasteiger partial charge < -0.3 is 0 Å². The van der Waals surface area contributed by atoms with Gasteiger partial charge in [-0.05, 0) is 13.0 Å². The zero-order chi connectivity index (χ0) is 11.5. The minimum Gasteiger partial charge on any atom is -0.295 e. The van der Waals surface area contributed by atoms with E-state index in [9.17, 15) is 0 Å². The third-order valence-corrected chi connectivity index (χ3v) is 2.61. The fourth-order valence-corrected chi connectivity index (χ4v) is 1.68. The van der Waals surface area contributed by atoms with Crippen LogP contribution >= 0.6 is 0 Å². The molecule has 1 heterocycles. The Labute approximate surface area is 94.6 Å². The van der Waals surface area contributed by atoms with Crippen LogP contribution in [0.15, 0.2) is 36.4 Å². The topological polar surface area (TPSA) is 53.1 Å². The molecule has 2 aromatic rings. The minimum absolute atomic E-state index is 0.157. The summed E-state index contributed by atoms with van der Waals surface area (Å²) in [6, 6.07) is 12.0. The second-order valence-corrected chi connectivity index (χ2v) is 3.72. The largest absolute Gasteiger partial charge is 0.295 e. The zero-order valence-corrected chi connectivity index (χ0v) is 9.42. The van der Waals surface area contributed by atoms with Crippen LogP contribution in [0.5, 0.6) is 0 Å². The summed E-state index contributed by atoms with van der Waals surface area (Å²) in [5.74, 6) is 5.18. The first-order valence-electron chi connectivity index (χ1n) is 5.17. The highest BCUT2D eigenvalue weighted by atomic mass is 16.6. The fourth-order valence-electron chi connectivity index (χ4n) is 1.68. The van der Waals surface area contributed by atoms with Crippen LogP contribution in [0.2, 0.25) is 0 Å². The van der Waals surface area contributed by atoms with Gasteiger partial charge in [-0.15, -0.1) is 0 Å². The molecule has 4 heteroatoms. The highest BCUT2D eigenvalue weighted by molar-refractivity contribution is 5.59. The second kappa shape index (κ2) is 4.47. The molecule has 84 valence electrons. The van der Waals surface area contributed by atoms with E-state index < -0.39 is 0 Å². The number of aryl methyl sites for hydroxylation is 1. The molecule has 2 N–H and O–H groups in total. The van der Waals surface area contributed by atoms with Crippen LogP contribution in [0.1, 0.15) is 18.7 Å². The Bertz CT molecular complexity index is 464. The van der Waals surface area contributed by atoms with Crippen LogP contribution in [-0.2, 0) is 11.9 Å². The van der Waals surface area contributed by atoms with E-state index >= 15 is 0 Å². The van der Waals surface area contributed by atoms with Crippen molar-refractivity contribution in [3.8, 4) is 11.3 Å². The van der Waals surface area contributed by atoms with E-state index in [0.29, 0.717) is 0 Å². The van der Waals surface area contributed by atoms with E-state index in [4.69, 9.17) is 10.7 Å². The van der Waals surface area contributed by atoms with Crippen molar-refractivity contribution in [1.82, 2.24) is 9.78 Å². The molecule has 0 aliphatic carbocycles. The molecule has 16 heavy (non-hydrogen) atoms. The number of nitrogens with zero attached hydrogens (tertiary/aromatic N) is 2. The van der Waals surface area contributed by atoms with Gasteiger partial charge in [-0.1, -0.05) is 30.3 Å². The van der Waals surface area contributed by atoms with Crippen molar-refractivity contribution in [2.75, 3.05) is 0 Å². The van der Waals surface area contributed by atoms with Crippen molar-refractivity contribution in [1.29, 1.82) is 0 Å². The van der Waals surface area contributed by atoms with Crippen molar-refractivity contribution >= 4 is 0 Å². The van der Waals surface area contributed by atoms with E-state index in [1.54, 1.807) is 4.68 Å². The predicted octanol–water partition coefficient (Wildman–Crippen LogP) is 2.04. The molecule has 0 aliphatic heterocycles. The Kier molecular flexibility index (Phi) is 3.03. The van der Waals surface area contributed by atoms with Crippen molar-refractivity contribution in [3.05, 3.63) is 42.1 Å². The molecule has 0 spiro atoms. The molecule has 0 radical (unpaired) electrons. The lowest BCUT2D eigenvalue weighted by atomic mass is 10.1. The number of benzene rings is 1. The summed E-state index contributed by atoms with van der Waals surface area (Å²) < 4.78 is 1.79. The van der Waals surface area contributed by atoms with Gasteiger partial charge in [-0.25, -0.2) is 5.90 Å². The quantitative estimate of drug-likeness (QED) is 0.800. The van der Waals surface area contributed by atoms with Gasteiger partial charge in [0.1, 0.15) is 6.10 Å². The molecule has 0 saturated carbocycles. The highest BCUT2D eigenvalue weighted by Gasteiger charge is 2.12. The number of nitrogens with two attached hydrogens (primary N) is 1. The molecule has 0 bridgehead atoms. The van der Waals surface area contributed by atoms with Crippen LogP contribution in [0.25, 0.3) is 11.3 Å². The van der Waals surface area contributed by atoms with Crippen LogP contribution < -0.4 is 5.90 Å². The van der Waals surface area contributed by atoms with Crippen LogP contribution in [0.3, 0.4) is 0 Å². The molecular weight excluding hydrogens is 202 g/mol. The lowest BCUT2D eigenvalue weighted by Crippen LogP contribution is -2.09. The summed E-state index contributed by atoms with van der Waals surface area (Å²) >= 11 is 0. The van der Waals surface area contributed by atoms with E-state index in [-0.39, 0.29) is 6.10 Å². The Morgan fingerprint density at radius 1 is 1.31 bits per heavy atom. The van der Waals surface area contributed by atoms with Crippen LogP contribution in [0.4, 0.5) is 0 Å². The van der Waals surface area contributed by atoms with E-state index in [1.807, 2.05) is 50.4 Å². The Balaban J connectivity index is 2.38. The first-order chi connectivity index (χ1) is 7.72. The van der Waals surface area contributed by atoms with E-state index in [0.717, 1.165) is 17.0 Å². The zero-order valence-electron chi connectivity index (χ0n) is 9.42. The third kappa shape index (κ3) is 1.98. The molecule has 2 rings (SSSR count). The third-order valence-electron chi connectivity index (χ3n) is 2.61. The molecule has 4 nitrogen and oxygen atoms in total. The summed E-state index contributed by atoms with van der Waals surface area (Å²) in [5.41, 5.74) is 2.98. The summed E-state index contributed by atoms with van der Waals surface area (Å²) in [5, 5.41) is 4.43. The standard InChI is InChI=1S/C12H15N3O/c1-9(16-13)12-8-11(14-15(12)2)10-6-4-3-5-7-10/h3-9H,13H2,1-2H3. The molecule has 0 saturated heterocycles. The van der Waals surface area contributed by atoms with Crippen LogP contribution in [0, 0.1) is 0 Å². The average molecular weight is 217 g/mol. The van der Waals surface area contributed by atoms with Crippen LogP contribution in [-0.4, -0.2) is 9.78 Å². The summed E-state index contributed by atoms with van der Waals surface area (Å²) in [6.45, 7) is 1.89. The number of hydrogen-bond acceptors (Lipinski definition) is 3. The van der Waals surface area contributed by atoms with Gasteiger partial charge in [0, 0.05) is 12.6 Å². The van der Waals surface area contributed by atoms with Gasteiger partial charge in [-0.2, -0.15) is 5.10 Å². The van der Waals surface area contributed by atoms with Crippen molar-refractivity contribution in [3.63, 3.8) is 0 Å². The van der Waals surface area contributed by atoms with Crippen molar-refractivity contribution < 1.29 is 4.84 Å². The van der Waals surface area contributed by atoms with Gasteiger partial charge in [0.15, 0.2) is 0 Å². The SMILES string of the molecule is CC(ON)c1cc(-c2ccccc2)nn1C. The van der Waals surface area contributed by atoms with Gasteiger partial charge in [0.25, 0.3) is 0 Å². The van der Waals surface area contributed by atoms with E-state index in [1.165, 1.54) is 0 Å². The summed E-state index contributed by atoms with van der Waals surface area (Å²) in [6.07, 6.45) is -0.157. The number of rotatable bonds is 3. The molecular formula is C12H15N3O. The normalized spacial score (nSPS) is 12.7. The first-order valence-corrected chi connectivity index (χ1v) is 5.17. The molecule has 1 aromatic heterocycles. The predicted molar refractivity (Wildman–Crippen MR) is 62.3 cm³/mol. The van der Waals surface area contributed by atoms with Gasteiger partial charge in [0.2, 0.25) is 0 Å². The molecule has 0 amide bonds. The summed E-state index contributed by atoms with van der Waals surface area (Å²) in [4.78, 5) is 4.81. The molecule has 0 fully saturated rings. The van der Waals surface area contributed by atoms with Gasteiger partial charge in [-0.3, -0.25) is 9.52 Å². The van der Waals surface area contributed by atoms with Crippen molar-refractivity contribution in [2.24, 2.45) is 12.9 Å². The average Bonchev–Trinajstić information content (AvgIpc) is 2.71. The minimum atomic E-state index is -0.157. The second-order valence-electron chi connectivity index (χ2n) is 3.72. The maximum absolute atomic E-state index is 5.18. The Morgan fingerprint density at radius 3 is 2.62 bits per heavy atom. The lowest BCUT2D eigenvalue weighted by Gasteiger charge is -2.07. The molecule has 0 aliphatic rings. The lowest BCUT2D eigenvalue weighted by molar-refractivity contribution is 0.0607. The number of aromatic nitrogens is 2. The first kappa shape index (κ1) is 10.9. The van der Waals surface area contributed by atoms with Gasteiger partial charge >= 0.3 is 0 Å². The monoisotopic (exact) mass is 217 g/mol. The van der Waals surface area contributed by atoms with E-state index in [2.05, 4.69) is 5.10 Å². The Morgan fingerprint density at radius 2 is 2.00 bits per heavy atom. The van der Waals surface area contributed by atoms with Gasteiger partial charge in [0.05, 0.1) is 11.4 Å².